The lowest BCUT2D eigenvalue weighted by molar-refractivity contribution is 0.0508. The molecule has 4 heteroatoms. The van der Waals surface area contributed by atoms with E-state index in [-0.39, 0.29) is 35.2 Å². The number of nitrogens with zero attached hydrogens (tertiary/aromatic N) is 2. The molecule has 104 valence electrons. The fourth-order valence-corrected chi connectivity index (χ4v) is 4.45. The molecule has 4 aliphatic carbocycles. The van der Waals surface area contributed by atoms with Gasteiger partial charge >= 0.3 is 0 Å². The minimum atomic E-state index is -0.186. The number of fused-ring (bicyclic) bond motifs is 4. The molecular weight excluding hydrogens is 264 g/mol. The smallest absolute Gasteiger partial charge is 0.187 e. The second-order valence-electron chi connectivity index (χ2n) is 6.33. The number of hydrogen-bond donors (Lipinski definition) is 0. The molecule has 0 aromatic carbocycles. The maximum Gasteiger partial charge on any atom is 0.187 e. The van der Waals surface area contributed by atoms with E-state index >= 15 is 0 Å². The van der Waals surface area contributed by atoms with Crippen LogP contribution in [0.15, 0.2) is 36.7 Å². The minimum Gasteiger partial charge on any atom is -0.311 e. The fourth-order valence-electron chi connectivity index (χ4n) is 4.45. The lowest BCUT2D eigenvalue weighted by Crippen LogP contribution is -2.49. The first-order valence-electron chi connectivity index (χ1n) is 7.48. The second-order valence-corrected chi connectivity index (χ2v) is 6.33. The van der Waals surface area contributed by atoms with Crippen LogP contribution in [0.2, 0.25) is 0 Å². The van der Waals surface area contributed by atoms with Crippen LogP contribution in [0.25, 0.3) is 5.52 Å². The topological polar surface area (TPSA) is 51.4 Å². The predicted molar refractivity (Wildman–Crippen MR) is 76.2 cm³/mol. The first kappa shape index (κ1) is 11.4. The summed E-state index contributed by atoms with van der Waals surface area (Å²) in [6, 6.07) is 3.79. The molecule has 1 fully saturated rings. The third-order valence-electron chi connectivity index (χ3n) is 5.39. The third-order valence-corrected chi connectivity index (χ3v) is 5.39. The minimum absolute atomic E-state index is 0.0595. The Labute approximate surface area is 121 Å². The summed E-state index contributed by atoms with van der Waals surface area (Å²) in [7, 11) is 0. The monoisotopic (exact) mass is 278 g/mol. The maximum atomic E-state index is 13.1. The van der Waals surface area contributed by atoms with E-state index in [4.69, 9.17) is 0 Å². The third kappa shape index (κ3) is 1.28. The van der Waals surface area contributed by atoms with Gasteiger partial charge in [0.25, 0.3) is 0 Å². The fraction of sp³-hybridized carbons (Fsp3) is 0.353. The summed E-state index contributed by atoms with van der Waals surface area (Å²) >= 11 is 0. The molecule has 0 aliphatic heterocycles. The van der Waals surface area contributed by atoms with E-state index in [9.17, 15) is 9.59 Å². The molecule has 2 aromatic rings. The Hall–Kier alpha value is -2.23. The summed E-state index contributed by atoms with van der Waals surface area (Å²) in [5, 5.41) is 0. The molecule has 21 heavy (non-hydrogen) atoms. The van der Waals surface area contributed by atoms with Gasteiger partial charge in [0, 0.05) is 18.0 Å². The Balaban J connectivity index is 1.81. The largest absolute Gasteiger partial charge is 0.311 e. The van der Waals surface area contributed by atoms with Crippen LogP contribution in [0.5, 0.6) is 0 Å². The number of carbonyl (C=O) groups excluding carboxylic acids is 2. The molecule has 0 amide bonds. The van der Waals surface area contributed by atoms with Crippen molar-refractivity contribution in [1.29, 1.82) is 0 Å². The molecule has 1 saturated carbocycles. The predicted octanol–water partition coefficient (Wildman–Crippen LogP) is 2.54. The highest BCUT2D eigenvalue weighted by Crippen LogP contribution is 2.49. The Morgan fingerprint density at radius 2 is 1.76 bits per heavy atom. The number of rotatable bonds is 0. The van der Waals surface area contributed by atoms with Gasteiger partial charge in [-0.15, -0.1) is 0 Å². The van der Waals surface area contributed by atoms with E-state index in [0.29, 0.717) is 11.4 Å². The molecular formula is C17H14N2O2. The number of carbonyl (C=O) groups is 2. The van der Waals surface area contributed by atoms with Crippen molar-refractivity contribution in [2.45, 2.75) is 12.8 Å². The van der Waals surface area contributed by atoms with Crippen molar-refractivity contribution in [3.05, 3.63) is 48.1 Å². The van der Waals surface area contributed by atoms with Crippen molar-refractivity contribution >= 4 is 17.1 Å². The molecule has 0 N–H and O–H groups in total. The van der Waals surface area contributed by atoms with Crippen LogP contribution in [0.3, 0.4) is 0 Å². The zero-order valence-corrected chi connectivity index (χ0v) is 11.4. The summed E-state index contributed by atoms with van der Waals surface area (Å²) in [6.07, 6.45) is 9.85. The molecule has 2 heterocycles. The number of Topliss-reactive ketones (excluding diaryl/α,β-unsaturated/α-hetero) is 2. The number of allylic oxidation sites excluding steroid dienone is 2. The Morgan fingerprint density at radius 3 is 2.48 bits per heavy atom. The van der Waals surface area contributed by atoms with Crippen molar-refractivity contribution < 1.29 is 9.59 Å². The quantitative estimate of drug-likeness (QED) is 0.696. The summed E-state index contributed by atoms with van der Waals surface area (Å²) in [6.45, 7) is 0. The van der Waals surface area contributed by atoms with E-state index in [1.165, 1.54) is 0 Å². The van der Waals surface area contributed by atoms with Gasteiger partial charge in [-0.3, -0.25) is 9.59 Å². The maximum absolute atomic E-state index is 13.1. The van der Waals surface area contributed by atoms with Crippen LogP contribution in [0.1, 0.15) is 33.8 Å². The standard InChI is InChI=1S/C17H14N2O2/c20-16-12-9-3-5-10(6-4-9)13(12)17(21)15-14(16)18-8-11-2-1-7-19(11)15/h1-3,5,7-10,12-13H,4,6H2. The average molecular weight is 278 g/mol. The Kier molecular flexibility index (Phi) is 2.01. The Morgan fingerprint density at radius 1 is 1.05 bits per heavy atom. The van der Waals surface area contributed by atoms with Gasteiger partial charge in [0.1, 0.15) is 11.4 Å². The van der Waals surface area contributed by atoms with E-state index in [1.54, 1.807) is 6.20 Å². The summed E-state index contributed by atoms with van der Waals surface area (Å²) in [5.41, 5.74) is 1.72. The van der Waals surface area contributed by atoms with Gasteiger partial charge in [-0.25, -0.2) is 4.98 Å². The molecule has 0 radical (unpaired) electrons. The molecule has 4 nitrogen and oxygen atoms in total. The number of aromatic nitrogens is 2. The van der Waals surface area contributed by atoms with Crippen molar-refractivity contribution in [1.82, 2.24) is 9.38 Å². The van der Waals surface area contributed by atoms with Crippen molar-refractivity contribution in [3.63, 3.8) is 0 Å². The summed E-state index contributed by atoms with van der Waals surface area (Å²) in [5.74, 6) is 0.229. The Bertz CT molecular complexity index is 832. The summed E-state index contributed by atoms with van der Waals surface area (Å²) in [4.78, 5) is 30.3. The SMILES string of the molecule is O=C1c2ncc3cccn3c2C(=O)C2C3C=CC(CC3)C12. The highest BCUT2D eigenvalue weighted by molar-refractivity contribution is 6.15. The molecule has 4 atom stereocenters. The van der Waals surface area contributed by atoms with E-state index in [0.717, 1.165) is 18.4 Å². The van der Waals surface area contributed by atoms with E-state index < -0.39 is 0 Å². The van der Waals surface area contributed by atoms with Crippen molar-refractivity contribution in [3.8, 4) is 0 Å². The van der Waals surface area contributed by atoms with Crippen LogP contribution in [-0.4, -0.2) is 21.0 Å². The van der Waals surface area contributed by atoms with Crippen LogP contribution < -0.4 is 0 Å². The van der Waals surface area contributed by atoms with Crippen LogP contribution in [0.4, 0.5) is 0 Å². The van der Waals surface area contributed by atoms with Crippen molar-refractivity contribution in [2.24, 2.45) is 23.7 Å². The van der Waals surface area contributed by atoms with Crippen LogP contribution in [0, 0.1) is 23.7 Å². The zero-order valence-electron chi connectivity index (χ0n) is 11.4. The molecule has 2 aromatic heterocycles. The van der Waals surface area contributed by atoms with Crippen molar-refractivity contribution in [2.75, 3.05) is 0 Å². The number of ketones is 2. The first-order chi connectivity index (χ1) is 10.3. The molecule has 6 rings (SSSR count). The number of hydrogen-bond acceptors (Lipinski definition) is 3. The normalized spacial score (nSPS) is 33.3. The van der Waals surface area contributed by atoms with Gasteiger partial charge in [0.2, 0.25) is 0 Å². The van der Waals surface area contributed by atoms with Gasteiger partial charge < -0.3 is 4.40 Å². The van der Waals surface area contributed by atoms with Gasteiger partial charge in [-0.1, -0.05) is 12.2 Å². The molecule has 0 saturated heterocycles. The van der Waals surface area contributed by atoms with Crippen LogP contribution >= 0.6 is 0 Å². The highest BCUT2D eigenvalue weighted by Gasteiger charge is 2.53. The molecule has 4 unspecified atom stereocenters. The lowest BCUT2D eigenvalue weighted by Gasteiger charge is -2.45. The van der Waals surface area contributed by atoms with Gasteiger partial charge in [-0.05, 0) is 36.8 Å². The molecule has 2 bridgehead atoms. The van der Waals surface area contributed by atoms with E-state index in [2.05, 4.69) is 17.1 Å². The first-order valence-corrected chi connectivity index (χ1v) is 7.48. The van der Waals surface area contributed by atoms with E-state index in [1.807, 2.05) is 22.7 Å². The average Bonchev–Trinajstić information content (AvgIpc) is 3.00. The van der Waals surface area contributed by atoms with Crippen LogP contribution in [-0.2, 0) is 0 Å². The van der Waals surface area contributed by atoms with Gasteiger partial charge in [0.05, 0.1) is 11.7 Å². The van der Waals surface area contributed by atoms with Gasteiger partial charge in [-0.2, -0.15) is 0 Å². The molecule has 4 aliphatic rings. The lowest BCUT2D eigenvalue weighted by atomic mass is 9.57. The highest BCUT2D eigenvalue weighted by atomic mass is 16.1. The second kappa shape index (κ2) is 3.70. The zero-order chi connectivity index (χ0) is 14.1. The summed E-state index contributed by atoms with van der Waals surface area (Å²) < 4.78 is 1.82. The van der Waals surface area contributed by atoms with Gasteiger partial charge in [0.15, 0.2) is 11.6 Å². The molecule has 0 spiro atoms.